The lowest BCUT2D eigenvalue weighted by atomic mass is 10.1. The third-order valence-corrected chi connectivity index (χ3v) is 3.11. The first-order valence-electron chi connectivity index (χ1n) is 6.63. The van der Waals surface area contributed by atoms with Crippen LogP contribution >= 0.6 is 15.9 Å². The van der Waals surface area contributed by atoms with Crippen molar-refractivity contribution in [3.63, 3.8) is 0 Å². The second-order valence-corrected chi connectivity index (χ2v) is 6.56. The van der Waals surface area contributed by atoms with Gasteiger partial charge in [0.25, 0.3) is 5.89 Å². The first-order chi connectivity index (χ1) is 9.44. The van der Waals surface area contributed by atoms with Crippen LogP contribution in [0, 0.1) is 0 Å². The summed E-state index contributed by atoms with van der Waals surface area (Å²) in [6, 6.07) is 3.75. The lowest BCUT2D eigenvalue weighted by Crippen LogP contribution is -2.36. The van der Waals surface area contributed by atoms with E-state index in [0.717, 1.165) is 23.9 Å². The van der Waals surface area contributed by atoms with Crippen molar-refractivity contribution in [2.75, 3.05) is 6.54 Å². The number of nitrogens with zero attached hydrogens (tertiary/aromatic N) is 3. The fraction of sp³-hybridized carbons (Fsp3) is 0.500. The Morgan fingerprint density at radius 3 is 2.70 bits per heavy atom. The molecule has 6 heteroatoms. The number of pyridine rings is 1. The lowest BCUT2D eigenvalue weighted by Gasteiger charge is -2.19. The fourth-order valence-corrected chi connectivity index (χ4v) is 1.90. The van der Waals surface area contributed by atoms with Crippen LogP contribution in [0.2, 0.25) is 0 Å². The summed E-state index contributed by atoms with van der Waals surface area (Å²) in [7, 11) is 0. The zero-order valence-electron chi connectivity index (χ0n) is 12.0. The Bertz CT molecular complexity index is 545. The van der Waals surface area contributed by atoms with Crippen molar-refractivity contribution in [2.24, 2.45) is 0 Å². The van der Waals surface area contributed by atoms with E-state index in [9.17, 15) is 0 Å². The minimum absolute atomic E-state index is 0.140. The molecule has 0 aliphatic rings. The van der Waals surface area contributed by atoms with Gasteiger partial charge in [-0.05, 0) is 61.8 Å². The first-order valence-corrected chi connectivity index (χ1v) is 7.43. The number of aromatic nitrogens is 3. The number of hydrogen-bond acceptors (Lipinski definition) is 5. The van der Waals surface area contributed by atoms with Crippen molar-refractivity contribution in [1.29, 1.82) is 0 Å². The van der Waals surface area contributed by atoms with E-state index >= 15 is 0 Å². The van der Waals surface area contributed by atoms with Crippen LogP contribution in [-0.4, -0.2) is 27.3 Å². The molecule has 1 N–H and O–H groups in total. The van der Waals surface area contributed by atoms with Crippen molar-refractivity contribution in [3.05, 3.63) is 28.7 Å². The molecule has 0 radical (unpaired) electrons. The second-order valence-electron chi connectivity index (χ2n) is 5.64. The smallest absolute Gasteiger partial charge is 0.266 e. The Hall–Kier alpha value is -1.27. The van der Waals surface area contributed by atoms with E-state index < -0.39 is 0 Å². The van der Waals surface area contributed by atoms with Gasteiger partial charge in [0.15, 0.2) is 0 Å². The molecule has 0 aromatic carbocycles. The molecule has 0 unspecified atom stereocenters. The summed E-state index contributed by atoms with van der Waals surface area (Å²) in [5.74, 6) is 1.12. The minimum atomic E-state index is 0.140. The molecular formula is C14H19BrN4O. The maximum atomic E-state index is 5.61. The molecule has 5 nitrogen and oxygen atoms in total. The highest BCUT2D eigenvalue weighted by Gasteiger charge is 2.11. The number of halogens is 1. The third kappa shape index (κ3) is 4.68. The summed E-state index contributed by atoms with van der Waals surface area (Å²) >= 11 is 3.35. The van der Waals surface area contributed by atoms with Gasteiger partial charge in [-0.15, -0.1) is 10.2 Å². The Morgan fingerprint density at radius 2 is 2.05 bits per heavy atom. The van der Waals surface area contributed by atoms with Crippen LogP contribution in [0.4, 0.5) is 0 Å². The molecule has 0 saturated heterocycles. The summed E-state index contributed by atoms with van der Waals surface area (Å²) in [5.41, 5.74) is 0.834. The van der Waals surface area contributed by atoms with Gasteiger partial charge in [-0.1, -0.05) is 0 Å². The Labute approximate surface area is 127 Å². The van der Waals surface area contributed by atoms with Crippen molar-refractivity contribution < 1.29 is 4.42 Å². The molecule has 0 bridgehead atoms. The first kappa shape index (κ1) is 15.1. The van der Waals surface area contributed by atoms with E-state index in [-0.39, 0.29) is 5.54 Å². The summed E-state index contributed by atoms with van der Waals surface area (Å²) in [5, 5.41) is 11.5. The van der Waals surface area contributed by atoms with Crippen LogP contribution in [0.25, 0.3) is 11.6 Å². The molecule has 0 saturated carbocycles. The zero-order valence-corrected chi connectivity index (χ0v) is 13.6. The molecule has 0 atom stereocenters. The monoisotopic (exact) mass is 338 g/mol. The molecule has 0 aliphatic carbocycles. The topological polar surface area (TPSA) is 63.8 Å². The molecular weight excluding hydrogens is 320 g/mol. The van der Waals surface area contributed by atoms with Crippen LogP contribution in [0.3, 0.4) is 0 Å². The normalized spacial score (nSPS) is 11.8. The predicted octanol–water partition coefficient (Wildman–Crippen LogP) is 3.21. The molecule has 0 spiro atoms. The van der Waals surface area contributed by atoms with E-state index in [1.807, 2.05) is 12.1 Å². The van der Waals surface area contributed by atoms with Gasteiger partial charge in [-0.25, -0.2) is 4.98 Å². The standard InChI is InChI=1S/C14H19BrN4O/c1-14(2,3)17-8-4-5-12-18-19-13(20-12)11-7-6-10(15)9-16-11/h6-7,9,17H,4-5,8H2,1-3H3. The highest BCUT2D eigenvalue weighted by atomic mass is 79.9. The molecule has 2 aromatic rings. The second kappa shape index (κ2) is 6.45. The van der Waals surface area contributed by atoms with Crippen LogP contribution in [0.5, 0.6) is 0 Å². The number of hydrogen-bond donors (Lipinski definition) is 1. The third-order valence-electron chi connectivity index (χ3n) is 2.64. The van der Waals surface area contributed by atoms with Crippen molar-refractivity contribution in [2.45, 2.75) is 39.2 Å². The summed E-state index contributed by atoms with van der Waals surface area (Å²) in [6.45, 7) is 7.38. The van der Waals surface area contributed by atoms with E-state index in [2.05, 4.69) is 57.2 Å². The van der Waals surface area contributed by atoms with Crippen LogP contribution in [0.1, 0.15) is 33.1 Å². The van der Waals surface area contributed by atoms with Crippen LogP contribution in [0.15, 0.2) is 27.2 Å². The zero-order chi connectivity index (χ0) is 14.6. The van der Waals surface area contributed by atoms with Gasteiger partial charge in [-0.3, -0.25) is 0 Å². The van der Waals surface area contributed by atoms with Gasteiger partial charge >= 0.3 is 0 Å². The van der Waals surface area contributed by atoms with Gasteiger partial charge in [0.2, 0.25) is 5.89 Å². The predicted molar refractivity (Wildman–Crippen MR) is 81.3 cm³/mol. The molecule has 2 aromatic heterocycles. The molecule has 0 aliphatic heterocycles. The Balaban J connectivity index is 1.88. The van der Waals surface area contributed by atoms with Crippen molar-refractivity contribution >= 4 is 15.9 Å². The highest BCUT2D eigenvalue weighted by Crippen LogP contribution is 2.17. The van der Waals surface area contributed by atoms with E-state index in [4.69, 9.17) is 4.42 Å². The summed E-state index contributed by atoms with van der Waals surface area (Å²) in [6.07, 6.45) is 3.45. The van der Waals surface area contributed by atoms with Gasteiger partial charge in [-0.2, -0.15) is 0 Å². The van der Waals surface area contributed by atoms with Crippen LogP contribution in [-0.2, 0) is 6.42 Å². The van der Waals surface area contributed by atoms with E-state index in [1.165, 1.54) is 0 Å². The van der Waals surface area contributed by atoms with E-state index in [1.54, 1.807) is 6.20 Å². The molecule has 0 amide bonds. The molecule has 2 rings (SSSR count). The maximum absolute atomic E-state index is 5.61. The maximum Gasteiger partial charge on any atom is 0.266 e. The number of aryl methyl sites for hydroxylation is 1. The highest BCUT2D eigenvalue weighted by molar-refractivity contribution is 9.10. The van der Waals surface area contributed by atoms with Gasteiger partial charge in [0.1, 0.15) is 5.69 Å². The minimum Gasteiger partial charge on any atom is -0.419 e. The van der Waals surface area contributed by atoms with Gasteiger partial charge in [0.05, 0.1) is 0 Å². The molecule has 2 heterocycles. The van der Waals surface area contributed by atoms with Gasteiger partial charge < -0.3 is 9.73 Å². The average molecular weight is 339 g/mol. The largest absolute Gasteiger partial charge is 0.419 e. The molecule has 108 valence electrons. The van der Waals surface area contributed by atoms with Crippen molar-refractivity contribution in [3.8, 4) is 11.6 Å². The Kier molecular flexibility index (Phi) is 4.88. The quantitative estimate of drug-likeness (QED) is 0.848. The lowest BCUT2D eigenvalue weighted by molar-refractivity contribution is 0.412. The van der Waals surface area contributed by atoms with Crippen LogP contribution < -0.4 is 5.32 Å². The SMILES string of the molecule is CC(C)(C)NCCCc1nnc(-c2ccc(Br)cn2)o1. The van der Waals surface area contributed by atoms with E-state index in [0.29, 0.717) is 17.5 Å². The average Bonchev–Trinajstić information content (AvgIpc) is 2.83. The summed E-state index contributed by atoms with van der Waals surface area (Å²) < 4.78 is 6.54. The fourth-order valence-electron chi connectivity index (χ4n) is 1.66. The van der Waals surface area contributed by atoms with Crippen molar-refractivity contribution in [1.82, 2.24) is 20.5 Å². The summed E-state index contributed by atoms with van der Waals surface area (Å²) in [4.78, 5) is 4.24. The Morgan fingerprint density at radius 1 is 1.25 bits per heavy atom. The van der Waals surface area contributed by atoms with Gasteiger partial charge in [0, 0.05) is 22.6 Å². The molecule has 0 fully saturated rings. The number of rotatable bonds is 5. The molecule has 20 heavy (non-hydrogen) atoms. The number of nitrogens with one attached hydrogen (secondary N) is 1.